The maximum absolute atomic E-state index is 12.6. The fraction of sp³-hybridized carbons (Fsp3) is 0.300. The number of hydrogen-bond acceptors (Lipinski definition) is 2. The van der Waals surface area contributed by atoms with Gasteiger partial charge in [0.15, 0.2) is 0 Å². The lowest BCUT2D eigenvalue weighted by Crippen LogP contribution is -2.34. The molecule has 0 saturated carbocycles. The van der Waals surface area contributed by atoms with Crippen molar-refractivity contribution in [3.8, 4) is 0 Å². The highest BCUT2D eigenvalue weighted by Crippen LogP contribution is 2.20. The number of rotatable bonds is 7. The number of nitrogens with one attached hydrogen (secondary N) is 2. The van der Waals surface area contributed by atoms with Crippen LogP contribution in [0.5, 0.6) is 0 Å². The van der Waals surface area contributed by atoms with E-state index in [9.17, 15) is 8.42 Å². The van der Waals surface area contributed by atoms with E-state index in [4.69, 9.17) is 0 Å². The molecule has 0 saturated heterocycles. The van der Waals surface area contributed by atoms with Crippen LogP contribution in [0.1, 0.15) is 31.4 Å². The monoisotopic (exact) mass is 356 g/mol. The molecule has 3 rings (SSSR count). The van der Waals surface area contributed by atoms with Crippen molar-refractivity contribution in [1.29, 1.82) is 0 Å². The molecule has 2 N–H and O–H groups in total. The molecule has 1 atom stereocenters. The Balaban J connectivity index is 1.71. The molecule has 1 unspecified atom stereocenters. The first kappa shape index (κ1) is 17.7. The lowest BCUT2D eigenvalue weighted by molar-refractivity contribution is 0.560. The van der Waals surface area contributed by atoms with Gasteiger partial charge in [-0.3, -0.25) is 0 Å². The number of para-hydroxylation sites is 1. The van der Waals surface area contributed by atoms with E-state index in [0.717, 1.165) is 34.9 Å². The maximum atomic E-state index is 12.6. The summed E-state index contributed by atoms with van der Waals surface area (Å²) in [4.78, 5) is 3.55. The number of aryl methyl sites for hydroxylation is 1. The molecule has 0 aliphatic heterocycles. The summed E-state index contributed by atoms with van der Waals surface area (Å²) in [5, 5.41) is 1.14. The molecule has 2 aromatic carbocycles. The average Bonchev–Trinajstić information content (AvgIpc) is 2.98. The Kier molecular flexibility index (Phi) is 5.25. The van der Waals surface area contributed by atoms with Crippen LogP contribution in [0.15, 0.2) is 59.6 Å². The number of H-pyrrole nitrogens is 1. The number of fused-ring (bicyclic) bond motifs is 1. The van der Waals surface area contributed by atoms with Crippen LogP contribution in [0.25, 0.3) is 10.9 Å². The normalized spacial score (nSPS) is 13.2. The van der Waals surface area contributed by atoms with Gasteiger partial charge < -0.3 is 4.98 Å². The molecule has 0 fully saturated rings. The zero-order chi connectivity index (χ0) is 17.9. The molecule has 0 amide bonds. The number of hydrogen-bond donors (Lipinski definition) is 2. The predicted molar refractivity (Wildman–Crippen MR) is 102 cm³/mol. The second kappa shape index (κ2) is 7.42. The quantitative estimate of drug-likeness (QED) is 0.671. The maximum Gasteiger partial charge on any atom is 0.240 e. The van der Waals surface area contributed by atoms with Gasteiger partial charge in [-0.2, -0.15) is 0 Å². The summed E-state index contributed by atoms with van der Waals surface area (Å²) in [7, 11) is -3.51. The Bertz CT molecular complexity index is 943. The molecule has 1 heterocycles. The summed E-state index contributed by atoms with van der Waals surface area (Å²) < 4.78 is 28.0. The van der Waals surface area contributed by atoms with Crippen molar-refractivity contribution >= 4 is 20.9 Å². The van der Waals surface area contributed by atoms with E-state index in [1.807, 2.05) is 43.5 Å². The largest absolute Gasteiger partial charge is 0.361 e. The summed E-state index contributed by atoms with van der Waals surface area (Å²) in [6.07, 6.45) is 4.60. The van der Waals surface area contributed by atoms with Gasteiger partial charge in [0.25, 0.3) is 0 Å². The van der Waals surface area contributed by atoms with Crippen LogP contribution >= 0.6 is 0 Å². The van der Waals surface area contributed by atoms with Crippen molar-refractivity contribution in [2.75, 3.05) is 0 Å². The fourth-order valence-corrected chi connectivity index (χ4v) is 4.37. The van der Waals surface area contributed by atoms with E-state index in [-0.39, 0.29) is 6.04 Å². The van der Waals surface area contributed by atoms with Crippen LogP contribution in [-0.4, -0.2) is 19.4 Å². The highest BCUT2D eigenvalue weighted by atomic mass is 32.2. The highest BCUT2D eigenvalue weighted by Gasteiger charge is 2.18. The van der Waals surface area contributed by atoms with Crippen LogP contribution in [0.4, 0.5) is 0 Å². The van der Waals surface area contributed by atoms with Gasteiger partial charge in [-0.05, 0) is 49.1 Å². The molecule has 0 spiro atoms. The van der Waals surface area contributed by atoms with Crippen molar-refractivity contribution in [1.82, 2.24) is 9.71 Å². The van der Waals surface area contributed by atoms with Crippen LogP contribution < -0.4 is 4.72 Å². The summed E-state index contributed by atoms with van der Waals surface area (Å²) in [5.41, 5.74) is 3.34. The Morgan fingerprint density at radius 1 is 1.08 bits per heavy atom. The molecule has 0 radical (unpaired) electrons. The molecule has 0 aliphatic rings. The van der Waals surface area contributed by atoms with Crippen LogP contribution in [-0.2, 0) is 22.9 Å². The molecule has 0 bridgehead atoms. The summed E-state index contributed by atoms with van der Waals surface area (Å²) in [6, 6.07) is 15.0. The minimum atomic E-state index is -3.51. The Hall–Kier alpha value is -2.11. The molecule has 25 heavy (non-hydrogen) atoms. The molecule has 5 heteroatoms. The van der Waals surface area contributed by atoms with Gasteiger partial charge in [-0.15, -0.1) is 0 Å². The first-order valence-electron chi connectivity index (χ1n) is 8.66. The summed E-state index contributed by atoms with van der Waals surface area (Å²) in [6.45, 7) is 4.00. The number of aromatic amines is 1. The summed E-state index contributed by atoms with van der Waals surface area (Å²) in [5.74, 6) is 0. The van der Waals surface area contributed by atoms with Gasteiger partial charge >= 0.3 is 0 Å². The molecule has 3 aromatic rings. The van der Waals surface area contributed by atoms with Gasteiger partial charge in [0.05, 0.1) is 4.90 Å². The number of benzene rings is 2. The molecule has 4 nitrogen and oxygen atoms in total. The van der Waals surface area contributed by atoms with E-state index in [0.29, 0.717) is 11.3 Å². The van der Waals surface area contributed by atoms with E-state index < -0.39 is 10.0 Å². The number of sulfonamides is 1. The fourth-order valence-electron chi connectivity index (χ4n) is 3.13. The van der Waals surface area contributed by atoms with Crippen molar-refractivity contribution in [2.24, 2.45) is 0 Å². The average molecular weight is 356 g/mol. The van der Waals surface area contributed by atoms with E-state index >= 15 is 0 Å². The van der Waals surface area contributed by atoms with Crippen molar-refractivity contribution in [3.63, 3.8) is 0 Å². The van der Waals surface area contributed by atoms with Crippen molar-refractivity contribution in [2.45, 2.75) is 44.0 Å². The van der Waals surface area contributed by atoms with Gasteiger partial charge in [0.2, 0.25) is 10.0 Å². The lowest BCUT2D eigenvalue weighted by atomic mass is 10.1. The van der Waals surface area contributed by atoms with Crippen LogP contribution in [0.2, 0.25) is 0 Å². The highest BCUT2D eigenvalue weighted by molar-refractivity contribution is 7.89. The third-order valence-corrected chi connectivity index (χ3v) is 5.94. The molecule has 1 aromatic heterocycles. The number of aromatic nitrogens is 1. The van der Waals surface area contributed by atoms with Crippen molar-refractivity contribution < 1.29 is 8.42 Å². The van der Waals surface area contributed by atoms with Gasteiger partial charge in [0, 0.05) is 23.1 Å². The van der Waals surface area contributed by atoms with Gasteiger partial charge in [-0.25, -0.2) is 13.1 Å². The molecular formula is C20H24N2O2S. The Morgan fingerprint density at radius 3 is 2.52 bits per heavy atom. The minimum Gasteiger partial charge on any atom is -0.361 e. The lowest BCUT2D eigenvalue weighted by Gasteiger charge is -2.14. The van der Waals surface area contributed by atoms with Crippen LogP contribution in [0.3, 0.4) is 0 Å². The smallest absolute Gasteiger partial charge is 0.240 e. The third kappa shape index (κ3) is 4.11. The molecular weight excluding hydrogens is 332 g/mol. The third-order valence-electron chi connectivity index (χ3n) is 4.33. The standard InChI is InChI=1S/C20H24N2O2S/c1-3-6-16-9-11-18(12-10-16)25(23,24)22-15(2)13-17-14-21-20-8-5-4-7-19(17)20/h4-5,7-12,14-15,21-22H,3,6,13H2,1-2H3. The van der Waals surface area contributed by atoms with Crippen molar-refractivity contribution in [3.05, 3.63) is 65.9 Å². The predicted octanol–water partition coefficient (Wildman–Crippen LogP) is 4.03. The van der Waals surface area contributed by atoms with E-state index in [2.05, 4.69) is 22.7 Å². The second-order valence-electron chi connectivity index (χ2n) is 6.48. The Labute approximate surface area is 149 Å². The van der Waals surface area contributed by atoms with Gasteiger partial charge in [-0.1, -0.05) is 43.7 Å². The molecule has 0 aliphatic carbocycles. The van der Waals surface area contributed by atoms with E-state index in [1.165, 1.54) is 0 Å². The topological polar surface area (TPSA) is 62.0 Å². The Morgan fingerprint density at radius 2 is 1.80 bits per heavy atom. The van der Waals surface area contributed by atoms with E-state index in [1.54, 1.807) is 12.1 Å². The first-order chi connectivity index (χ1) is 12.0. The minimum absolute atomic E-state index is 0.195. The second-order valence-corrected chi connectivity index (χ2v) is 8.19. The van der Waals surface area contributed by atoms with Crippen LogP contribution in [0, 0.1) is 0 Å². The summed E-state index contributed by atoms with van der Waals surface area (Å²) >= 11 is 0. The first-order valence-corrected chi connectivity index (χ1v) is 10.1. The SMILES string of the molecule is CCCc1ccc(S(=O)(=O)NC(C)Cc2c[nH]c3ccccc23)cc1. The van der Waals surface area contributed by atoms with Gasteiger partial charge in [0.1, 0.15) is 0 Å². The zero-order valence-electron chi connectivity index (χ0n) is 14.6. The molecule has 132 valence electrons. The zero-order valence-corrected chi connectivity index (χ0v) is 15.4.